The predicted octanol–water partition coefficient (Wildman–Crippen LogP) is 4.77. The third kappa shape index (κ3) is 4.37. The molecule has 0 aliphatic carbocycles. The fourth-order valence-electron chi connectivity index (χ4n) is 3.33. The molecule has 3 aromatic carbocycles. The lowest BCUT2D eigenvalue weighted by atomic mass is 10.2. The number of hydrogen-bond donors (Lipinski definition) is 2. The van der Waals surface area contributed by atoms with Gasteiger partial charge < -0.3 is 15.0 Å². The van der Waals surface area contributed by atoms with Gasteiger partial charge in [0.05, 0.1) is 10.4 Å². The quantitative estimate of drug-likeness (QED) is 0.414. The number of anilines is 1. The minimum Gasteiger partial charge on any atom is -0.493 e. The van der Waals surface area contributed by atoms with E-state index in [0.717, 1.165) is 5.56 Å². The van der Waals surface area contributed by atoms with E-state index in [1.807, 2.05) is 25.1 Å². The molecule has 4 rings (SSSR count). The molecule has 1 heterocycles. The molecule has 0 unspecified atom stereocenters. The number of rotatable bonds is 6. The molecule has 0 spiro atoms. The Labute approximate surface area is 184 Å². The highest BCUT2D eigenvalue weighted by Gasteiger charge is 2.20. The molecule has 0 saturated heterocycles. The lowest BCUT2D eigenvalue weighted by Gasteiger charge is -2.09. The Balaban J connectivity index is 1.67. The molecule has 9 heteroatoms. The number of amides is 1. The number of hydrogen-bond acceptors (Lipinski definition) is 5. The number of carbonyl (C=O) groups excluding carboxylic acids is 1. The van der Waals surface area contributed by atoms with Crippen LogP contribution in [0.3, 0.4) is 0 Å². The van der Waals surface area contributed by atoms with Gasteiger partial charge in [0.15, 0.2) is 5.69 Å². The smallest absolute Gasteiger partial charge is 0.299 e. The summed E-state index contributed by atoms with van der Waals surface area (Å²) in [5.41, 5.74) is 2.14. The second-order valence-electron chi connectivity index (χ2n) is 7.16. The fraction of sp³-hybridized carbons (Fsp3) is 0.0870. The Morgan fingerprint density at radius 1 is 1.00 bits per heavy atom. The average Bonchev–Trinajstić information content (AvgIpc) is 3.04. The third-order valence-electron chi connectivity index (χ3n) is 4.81. The number of sulfonamides is 1. The number of benzene rings is 3. The maximum Gasteiger partial charge on any atom is 0.299 e. The fourth-order valence-corrected chi connectivity index (χ4v) is 4.12. The SMILES string of the molecule is Cc1cccc(NC(=O)Cn2c(O)c(N=NS(=O)(=O)c3ccccc3)c3ccccc32)c1. The molecule has 2 N–H and O–H groups in total. The first-order valence-corrected chi connectivity index (χ1v) is 11.2. The van der Waals surface area contributed by atoms with E-state index in [0.29, 0.717) is 16.6 Å². The number of aromatic hydroxyl groups is 1. The second kappa shape index (κ2) is 8.64. The van der Waals surface area contributed by atoms with Crippen molar-refractivity contribution in [3.05, 3.63) is 84.4 Å². The lowest BCUT2D eigenvalue weighted by molar-refractivity contribution is -0.116. The number of aromatic nitrogens is 1. The van der Waals surface area contributed by atoms with Crippen LogP contribution in [0.2, 0.25) is 0 Å². The van der Waals surface area contributed by atoms with E-state index in [9.17, 15) is 18.3 Å². The number of fused-ring (bicyclic) bond motifs is 1. The van der Waals surface area contributed by atoms with E-state index in [2.05, 4.69) is 15.0 Å². The predicted molar refractivity (Wildman–Crippen MR) is 122 cm³/mol. The Bertz CT molecular complexity index is 1430. The summed E-state index contributed by atoms with van der Waals surface area (Å²) in [4.78, 5) is 12.6. The largest absolute Gasteiger partial charge is 0.493 e. The van der Waals surface area contributed by atoms with Crippen molar-refractivity contribution >= 4 is 38.2 Å². The van der Waals surface area contributed by atoms with Gasteiger partial charge in [0.25, 0.3) is 10.0 Å². The van der Waals surface area contributed by atoms with Gasteiger partial charge in [-0.3, -0.25) is 4.79 Å². The van der Waals surface area contributed by atoms with Crippen molar-refractivity contribution in [3.8, 4) is 5.88 Å². The highest BCUT2D eigenvalue weighted by atomic mass is 32.2. The van der Waals surface area contributed by atoms with Crippen LogP contribution in [0.1, 0.15) is 5.56 Å². The lowest BCUT2D eigenvalue weighted by Crippen LogP contribution is -2.18. The normalized spacial score (nSPS) is 11.8. The Morgan fingerprint density at radius 3 is 2.47 bits per heavy atom. The van der Waals surface area contributed by atoms with Crippen LogP contribution in [-0.2, 0) is 21.4 Å². The van der Waals surface area contributed by atoms with E-state index in [-0.39, 0.29) is 28.9 Å². The van der Waals surface area contributed by atoms with Crippen LogP contribution in [0.15, 0.2) is 93.4 Å². The zero-order valence-electron chi connectivity index (χ0n) is 17.1. The van der Waals surface area contributed by atoms with Gasteiger partial charge >= 0.3 is 0 Å². The molecule has 0 bridgehead atoms. The molecule has 0 atom stereocenters. The zero-order chi connectivity index (χ0) is 22.7. The van der Waals surface area contributed by atoms with Gasteiger partial charge in [-0.2, -0.15) is 8.42 Å². The summed E-state index contributed by atoms with van der Waals surface area (Å²) < 4.78 is 29.8. The van der Waals surface area contributed by atoms with Crippen molar-refractivity contribution in [2.45, 2.75) is 18.4 Å². The molecule has 1 aromatic heterocycles. The molecular formula is C23H20N4O4S. The van der Waals surface area contributed by atoms with Crippen LogP contribution in [0.5, 0.6) is 5.88 Å². The number of aryl methyl sites for hydroxylation is 1. The monoisotopic (exact) mass is 448 g/mol. The van der Waals surface area contributed by atoms with Crippen molar-refractivity contribution in [2.75, 3.05) is 5.32 Å². The van der Waals surface area contributed by atoms with Crippen molar-refractivity contribution in [1.82, 2.24) is 4.57 Å². The van der Waals surface area contributed by atoms with Crippen LogP contribution >= 0.6 is 0 Å². The number of carbonyl (C=O) groups is 1. The van der Waals surface area contributed by atoms with E-state index in [1.54, 1.807) is 48.5 Å². The zero-order valence-corrected chi connectivity index (χ0v) is 18.0. The summed E-state index contributed by atoms with van der Waals surface area (Å²) in [7, 11) is -4.04. The summed E-state index contributed by atoms with van der Waals surface area (Å²) in [5.74, 6) is -0.704. The number of para-hydroxylation sites is 1. The Hall–Kier alpha value is -3.98. The minimum absolute atomic E-state index is 0.00971. The van der Waals surface area contributed by atoms with E-state index >= 15 is 0 Å². The van der Waals surface area contributed by atoms with Crippen LogP contribution in [0, 0.1) is 6.92 Å². The highest BCUT2D eigenvalue weighted by Crippen LogP contribution is 2.39. The first kappa shape index (κ1) is 21.3. The summed E-state index contributed by atoms with van der Waals surface area (Å²) in [5, 5.41) is 17.9. The molecule has 8 nitrogen and oxygen atoms in total. The highest BCUT2D eigenvalue weighted by molar-refractivity contribution is 7.90. The molecule has 32 heavy (non-hydrogen) atoms. The van der Waals surface area contributed by atoms with Crippen molar-refractivity contribution in [2.24, 2.45) is 9.63 Å². The summed E-state index contributed by atoms with van der Waals surface area (Å²) in [6.45, 7) is 1.73. The van der Waals surface area contributed by atoms with Crippen LogP contribution in [0.4, 0.5) is 11.4 Å². The molecule has 1 amide bonds. The van der Waals surface area contributed by atoms with Crippen LogP contribution in [-0.4, -0.2) is 24.0 Å². The molecule has 0 aliphatic heterocycles. The number of nitrogens with one attached hydrogen (secondary N) is 1. The molecule has 4 aromatic rings. The number of nitrogens with zero attached hydrogens (tertiary/aromatic N) is 3. The molecule has 162 valence electrons. The van der Waals surface area contributed by atoms with Crippen LogP contribution < -0.4 is 5.32 Å². The maximum absolute atomic E-state index is 12.6. The Kier molecular flexibility index (Phi) is 5.74. The first-order valence-electron chi connectivity index (χ1n) is 9.75. The molecule has 0 fully saturated rings. The van der Waals surface area contributed by atoms with Gasteiger partial charge in [0, 0.05) is 11.1 Å². The van der Waals surface area contributed by atoms with Gasteiger partial charge in [0.2, 0.25) is 11.8 Å². The molecule has 0 radical (unpaired) electrons. The van der Waals surface area contributed by atoms with Crippen molar-refractivity contribution in [1.29, 1.82) is 0 Å². The minimum atomic E-state index is -4.04. The summed E-state index contributed by atoms with van der Waals surface area (Å²) in [6, 6.07) is 21.9. The van der Waals surface area contributed by atoms with Gasteiger partial charge in [-0.25, -0.2) is 0 Å². The summed E-state index contributed by atoms with van der Waals surface area (Å²) in [6.07, 6.45) is 0. The van der Waals surface area contributed by atoms with E-state index in [1.165, 1.54) is 16.7 Å². The van der Waals surface area contributed by atoms with Crippen molar-refractivity contribution in [3.63, 3.8) is 0 Å². The van der Waals surface area contributed by atoms with E-state index in [4.69, 9.17) is 0 Å². The average molecular weight is 449 g/mol. The van der Waals surface area contributed by atoms with Gasteiger partial charge in [-0.1, -0.05) is 53.1 Å². The van der Waals surface area contributed by atoms with Gasteiger partial charge in [-0.05, 0) is 42.8 Å². The van der Waals surface area contributed by atoms with Gasteiger partial charge in [0.1, 0.15) is 6.54 Å². The van der Waals surface area contributed by atoms with Gasteiger partial charge in [-0.15, -0.1) is 5.11 Å². The Morgan fingerprint density at radius 2 is 1.72 bits per heavy atom. The topological polar surface area (TPSA) is 113 Å². The second-order valence-corrected chi connectivity index (χ2v) is 8.75. The maximum atomic E-state index is 12.6. The summed E-state index contributed by atoms with van der Waals surface area (Å²) >= 11 is 0. The van der Waals surface area contributed by atoms with Crippen LogP contribution in [0.25, 0.3) is 10.9 Å². The standard InChI is InChI=1S/C23H20N4O4S/c1-16-8-7-9-17(14-16)24-21(28)15-27-20-13-6-5-12-19(20)22(23(27)29)25-26-32(30,31)18-10-3-2-4-11-18/h2-14,29H,15H2,1H3,(H,24,28). The van der Waals surface area contributed by atoms with Crippen molar-refractivity contribution < 1.29 is 18.3 Å². The first-order chi connectivity index (χ1) is 15.3. The molecule has 0 aliphatic rings. The third-order valence-corrected chi connectivity index (χ3v) is 5.97. The molecular weight excluding hydrogens is 428 g/mol. The van der Waals surface area contributed by atoms with E-state index < -0.39 is 10.0 Å². The molecule has 0 saturated carbocycles.